The summed E-state index contributed by atoms with van der Waals surface area (Å²) in [6.07, 6.45) is 0. The van der Waals surface area contributed by atoms with Gasteiger partial charge in [-0.05, 0) is 43.7 Å². The lowest BCUT2D eigenvalue weighted by atomic mass is 10.2. The molecule has 0 aliphatic rings. The van der Waals surface area contributed by atoms with Gasteiger partial charge in [-0.25, -0.2) is 0 Å². The smallest absolute Gasteiger partial charge is 0.237 e. The molecule has 2 N–H and O–H groups in total. The normalized spacial score (nSPS) is 11.8. The van der Waals surface area contributed by atoms with Crippen LogP contribution in [0.15, 0.2) is 58.9 Å². The largest absolute Gasteiger partial charge is 0.330 e. The van der Waals surface area contributed by atoms with Gasteiger partial charge in [-0.3, -0.25) is 4.79 Å². The van der Waals surface area contributed by atoms with Crippen molar-refractivity contribution in [2.75, 3.05) is 10.6 Å². The van der Waals surface area contributed by atoms with Crippen LogP contribution in [-0.2, 0) is 4.79 Å². The van der Waals surface area contributed by atoms with Crippen molar-refractivity contribution in [3.63, 3.8) is 0 Å². The van der Waals surface area contributed by atoms with Crippen molar-refractivity contribution < 1.29 is 4.79 Å². The Morgan fingerprint density at radius 1 is 1.08 bits per heavy atom. The molecule has 3 aromatic rings. The Hall–Kier alpha value is -2.38. The fourth-order valence-corrected chi connectivity index (χ4v) is 4.04. The van der Waals surface area contributed by atoms with E-state index in [1.54, 1.807) is 0 Å². The Labute approximate surface area is 154 Å². The molecule has 0 aliphatic carbocycles. The molecule has 7 heteroatoms. The van der Waals surface area contributed by atoms with Crippen molar-refractivity contribution in [3.8, 4) is 0 Å². The van der Waals surface area contributed by atoms with Gasteiger partial charge in [0.2, 0.25) is 11.0 Å². The van der Waals surface area contributed by atoms with E-state index in [4.69, 9.17) is 0 Å². The molecular formula is C18H18N4OS2. The zero-order valence-corrected chi connectivity index (χ0v) is 15.5. The van der Waals surface area contributed by atoms with E-state index in [-0.39, 0.29) is 11.2 Å². The number of nitrogens with zero attached hydrogens (tertiary/aromatic N) is 2. The molecule has 0 fully saturated rings. The molecule has 1 amide bonds. The summed E-state index contributed by atoms with van der Waals surface area (Å²) in [5.74, 6) is -0.0559. The van der Waals surface area contributed by atoms with Crippen LogP contribution in [0, 0.1) is 6.92 Å². The number of carbonyl (C=O) groups is 1. The minimum Gasteiger partial charge on any atom is -0.330 e. The minimum atomic E-state index is -0.264. The molecule has 0 bridgehead atoms. The fraction of sp³-hybridized carbons (Fsp3) is 0.167. The summed E-state index contributed by atoms with van der Waals surface area (Å²) in [5.41, 5.74) is 2.94. The molecule has 0 spiro atoms. The van der Waals surface area contributed by atoms with E-state index in [0.717, 1.165) is 15.7 Å². The summed E-state index contributed by atoms with van der Waals surface area (Å²) < 4.78 is 0.755. The first-order chi connectivity index (χ1) is 12.1. The SMILES string of the molecule is Cc1cccc(Nc2nnc(S[C@H](C)C(=O)Nc3ccccc3)s2)c1. The summed E-state index contributed by atoms with van der Waals surface area (Å²) in [6, 6.07) is 17.5. The number of hydrogen-bond donors (Lipinski definition) is 2. The van der Waals surface area contributed by atoms with Crippen molar-refractivity contribution >= 4 is 45.5 Å². The van der Waals surface area contributed by atoms with Crippen LogP contribution in [0.4, 0.5) is 16.5 Å². The van der Waals surface area contributed by atoms with Gasteiger partial charge >= 0.3 is 0 Å². The van der Waals surface area contributed by atoms with Gasteiger partial charge in [-0.2, -0.15) is 0 Å². The first-order valence-electron chi connectivity index (χ1n) is 7.80. The highest BCUT2D eigenvalue weighted by Crippen LogP contribution is 2.31. The number of rotatable bonds is 6. The summed E-state index contributed by atoms with van der Waals surface area (Å²) >= 11 is 2.83. The van der Waals surface area contributed by atoms with Gasteiger partial charge in [0, 0.05) is 11.4 Å². The van der Waals surface area contributed by atoms with Crippen LogP contribution in [0.3, 0.4) is 0 Å². The monoisotopic (exact) mass is 370 g/mol. The van der Waals surface area contributed by atoms with E-state index in [2.05, 4.69) is 20.8 Å². The third-order valence-corrected chi connectivity index (χ3v) is 5.39. The van der Waals surface area contributed by atoms with Crippen LogP contribution in [0.1, 0.15) is 12.5 Å². The molecule has 2 aromatic carbocycles. The molecule has 0 saturated carbocycles. The lowest BCUT2D eigenvalue weighted by Gasteiger charge is -2.09. The maximum absolute atomic E-state index is 12.3. The van der Waals surface area contributed by atoms with E-state index in [1.807, 2.05) is 68.4 Å². The maximum atomic E-state index is 12.3. The topological polar surface area (TPSA) is 66.9 Å². The van der Waals surface area contributed by atoms with E-state index >= 15 is 0 Å². The van der Waals surface area contributed by atoms with Gasteiger partial charge in [0.05, 0.1) is 5.25 Å². The van der Waals surface area contributed by atoms with Crippen LogP contribution in [-0.4, -0.2) is 21.4 Å². The maximum Gasteiger partial charge on any atom is 0.237 e. The van der Waals surface area contributed by atoms with Crippen LogP contribution < -0.4 is 10.6 Å². The summed E-state index contributed by atoms with van der Waals surface area (Å²) in [5, 5.41) is 14.9. The zero-order chi connectivity index (χ0) is 17.6. The number of nitrogens with one attached hydrogen (secondary N) is 2. The Morgan fingerprint density at radius 3 is 2.60 bits per heavy atom. The van der Waals surface area contributed by atoms with Crippen molar-refractivity contribution in [3.05, 3.63) is 60.2 Å². The number of anilines is 3. The molecule has 0 saturated heterocycles. The van der Waals surface area contributed by atoms with Crippen LogP contribution in [0.5, 0.6) is 0 Å². The van der Waals surface area contributed by atoms with Gasteiger partial charge in [0.1, 0.15) is 0 Å². The number of hydrogen-bond acceptors (Lipinski definition) is 6. The average Bonchev–Trinajstić information content (AvgIpc) is 3.02. The number of amides is 1. The molecule has 5 nitrogen and oxygen atoms in total. The Balaban J connectivity index is 1.58. The van der Waals surface area contributed by atoms with Gasteiger partial charge in [-0.15, -0.1) is 10.2 Å². The summed E-state index contributed by atoms with van der Waals surface area (Å²) in [7, 11) is 0. The molecule has 1 aromatic heterocycles. The number of para-hydroxylation sites is 1. The first kappa shape index (κ1) is 17.4. The Bertz CT molecular complexity index is 851. The standard InChI is InChI=1S/C18H18N4OS2/c1-12-7-6-10-15(11-12)20-17-21-22-18(25-17)24-13(2)16(23)19-14-8-4-3-5-9-14/h3-11,13H,1-2H3,(H,19,23)(H,20,21)/t13-/m1/s1. The van der Waals surface area contributed by atoms with Crippen molar-refractivity contribution in [2.45, 2.75) is 23.4 Å². The summed E-state index contributed by atoms with van der Waals surface area (Å²) in [4.78, 5) is 12.3. The van der Waals surface area contributed by atoms with Gasteiger partial charge in [0.15, 0.2) is 4.34 Å². The fourth-order valence-electron chi connectivity index (χ4n) is 2.12. The Kier molecular flexibility index (Phi) is 5.67. The van der Waals surface area contributed by atoms with E-state index in [1.165, 1.54) is 28.7 Å². The van der Waals surface area contributed by atoms with Crippen LogP contribution >= 0.6 is 23.1 Å². The number of benzene rings is 2. The molecule has 0 aliphatic heterocycles. The molecule has 1 atom stereocenters. The lowest BCUT2D eigenvalue weighted by molar-refractivity contribution is -0.115. The highest BCUT2D eigenvalue weighted by atomic mass is 32.2. The summed E-state index contributed by atoms with van der Waals surface area (Å²) in [6.45, 7) is 3.90. The van der Waals surface area contributed by atoms with E-state index < -0.39 is 0 Å². The molecule has 0 radical (unpaired) electrons. The number of aryl methyl sites for hydroxylation is 1. The van der Waals surface area contributed by atoms with Crippen molar-refractivity contribution in [2.24, 2.45) is 0 Å². The second kappa shape index (κ2) is 8.13. The second-order valence-electron chi connectivity index (χ2n) is 5.48. The molecule has 1 heterocycles. The van der Waals surface area contributed by atoms with Gasteiger partial charge in [-0.1, -0.05) is 53.4 Å². The average molecular weight is 371 g/mol. The van der Waals surface area contributed by atoms with Crippen LogP contribution in [0.25, 0.3) is 0 Å². The second-order valence-corrected chi connectivity index (χ2v) is 8.05. The predicted octanol–water partition coefficient (Wildman–Crippen LogP) is 4.71. The quantitative estimate of drug-likeness (QED) is 0.615. The van der Waals surface area contributed by atoms with Gasteiger partial charge < -0.3 is 10.6 Å². The number of aromatic nitrogens is 2. The predicted molar refractivity (Wildman–Crippen MR) is 105 cm³/mol. The minimum absolute atomic E-state index is 0.0559. The molecular weight excluding hydrogens is 352 g/mol. The molecule has 128 valence electrons. The van der Waals surface area contributed by atoms with Gasteiger partial charge in [0.25, 0.3) is 0 Å². The van der Waals surface area contributed by atoms with Crippen molar-refractivity contribution in [1.82, 2.24) is 10.2 Å². The molecule has 25 heavy (non-hydrogen) atoms. The zero-order valence-electron chi connectivity index (χ0n) is 13.9. The number of thioether (sulfide) groups is 1. The van der Waals surface area contributed by atoms with E-state index in [9.17, 15) is 4.79 Å². The molecule has 3 rings (SSSR count). The highest BCUT2D eigenvalue weighted by Gasteiger charge is 2.17. The Morgan fingerprint density at radius 2 is 1.84 bits per heavy atom. The third kappa shape index (κ3) is 5.04. The highest BCUT2D eigenvalue weighted by molar-refractivity contribution is 8.02. The van der Waals surface area contributed by atoms with Crippen molar-refractivity contribution in [1.29, 1.82) is 0 Å². The lowest BCUT2D eigenvalue weighted by Crippen LogP contribution is -2.22. The third-order valence-electron chi connectivity index (χ3n) is 3.36. The molecule has 0 unspecified atom stereocenters. The van der Waals surface area contributed by atoms with E-state index in [0.29, 0.717) is 5.13 Å². The first-order valence-corrected chi connectivity index (χ1v) is 9.49. The van der Waals surface area contributed by atoms with Crippen LogP contribution in [0.2, 0.25) is 0 Å². The number of carbonyl (C=O) groups excluding carboxylic acids is 1.